The lowest BCUT2D eigenvalue weighted by molar-refractivity contribution is -0.113. The van der Waals surface area contributed by atoms with Crippen LogP contribution in [-0.4, -0.2) is 35.3 Å². The van der Waals surface area contributed by atoms with E-state index < -0.39 is 17.9 Å². The molecule has 1 aromatic carbocycles. The van der Waals surface area contributed by atoms with Crippen LogP contribution in [0.3, 0.4) is 0 Å². The number of carbonyl (C=O) groups excluding carboxylic acids is 3. The fourth-order valence-electron chi connectivity index (χ4n) is 3.00. The van der Waals surface area contributed by atoms with Gasteiger partial charge in [-0.15, -0.1) is 0 Å². The normalized spacial score (nSPS) is 13.6. The van der Waals surface area contributed by atoms with Crippen LogP contribution < -0.4 is 5.32 Å². The van der Waals surface area contributed by atoms with Crippen LogP contribution in [0.5, 0.6) is 0 Å². The van der Waals surface area contributed by atoms with Crippen molar-refractivity contribution < 1.29 is 19.1 Å². The van der Waals surface area contributed by atoms with Gasteiger partial charge in [-0.3, -0.25) is 10.1 Å². The van der Waals surface area contributed by atoms with Gasteiger partial charge in [0.25, 0.3) is 5.91 Å². The van der Waals surface area contributed by atoms with Crippen molar-refractivity contribution in [3.8, 4) is 5.69 Å². The Bertz CT molecular complexity index is 924. The monoisotopic (exact) mass is 339 g/mol. The van der Waals surface area contributed by atoms with Crippen molar-refractivity contribution in [3.63, 3.8) is 0 Å². The standard InChI is InChI=1S/C18H17N3O4/c1-10-8-12(9-14-16(22)20-18(24)19-14)11(2)21(10)15-7-5-4-6-13(15)17(23)25-3/h4-8H,9H2,1-3H3,(H,20,22,24). The molecule has 3 rings (SSSR count). The van der Waals surface area contributed by atoms with E-state index in [1.165, 1.54) is 7.11 Å². The molecule has 0 fully saturated rings. The molecular weight excluding hydrogens is 322 g/mol. The molecule has 2 heterocycles. The van der Waals surface area contributed by atoms with Gasteiger partial charge in [0.15, 0.2) is 0 Å². The van der Waals surface area contributed by atoms with Gasteiger partial charge in [-0.05, 0) is 37.6 Å². The van der Waals surface area contributed by atoms with Crippen molar-refractivity contribution in [1.29, 1.82) is 0 Å². The van der Waals surface area contributed by atoms with Crippen LogP contribution >= 0.6 is 0 Å². The highest BCUT2D eigenvalue weighted by atomic mass is 16.5. The number of methoxy groups -OCH3 is 1. The average Bonchev–Trinajstić information content (AvgIpc) is 3.05. The van der Waals surface area contributed by atoms with Crippen molar-refractivity contribution in [2.75, 3.05) is 7.11 Å². The molecule has 1 aliphatic rings. The fourth-order valence-corrected chi connectivity index (χ4v) is 3.00. The number of benzene rings is 1. The molecule has 1 N–H and O–H groups in total. The number of imide groups is 1. The largest absolute Gasteiger partial charge is 0.465 e. The summed E-state index contributed by atoms with van der Waals surface area (Å²) < 4.78 is 6.78. The van der Waals surface area contributed by atoms with Crippen LogP contribution in [0.2, 0.25) is 0 Å². The predicted molar refractivity (Wildman–Crippen MR) is 91.3 cm³/mol. The van der Waals surface area contributed by atoms with Crippen molar-refractivity contribution >= 4 is 23.6 Å². The summed E-state index contributed by atoms with van der Waals surface area (Å²) in [7, 11) is 1.34. The molecule has 7 nitrogen and oxygen atoms in total. The highest BCUT2D eigenvalue weighted by Crippen LogP contribution is 2.25. The molecule has 2 aromatic rings. The summed E-state index contributed by atoms with van der Waals surface area (Å²) in [6, 6.07) is 8.43. The van der Waals surface area contributed by atoms with Crippen LogP contribution in [0.25, 0.3) is 5.69 Å². The number of para-hydroxylation sites is 1. The number of hydrogen-bond donors (Lipinski definition) is 1. The number of aliphatic imine (C=N–C) groups is 1. The van der Waals surface area contributed by atoms with Gasteiger partial charge in [0.05, 0.1) is 18.4 Å². The highest BCUT2D eigenvalue weighted by molar-refractivity contribution is 6.46. The first kappa shape index (κ1) is 16.6. The molecule has 0 aliphatic carbocycles. The number of nitrogens with one attached hydrogen (secondary N) is 1. The van der Waals surface area contributed by atoms with E-state index in [4.69, 9.17) is 4.74 Å². The second kappa shape index (κ2) is 6.35. The summed E-state index contributed by atoms with van der Waals surface area (Å²) in [5.41, 5.74) is 3.96. The Kier molecular flexibility index (Phi) is 4.22. The number of amides is 3. The maximum absolute atomic E-state index is 12.0. The number of aromatic nitrogens is 1. The number of esters is 1. The van der Waals surface area contributed by atoms with Gasteiger partial charge < -0.3 is 9.30 Å². The maximum atomic E-state index is 12.0. The minimum Gasteiger partial charge on any atom is -0.465 e. The molecule has 7 heteroatoms. The molecule has 3 amide bonds. The Hall–Kier alpha value is -3.22. The molecular formula is C18H17N3O4. The van der Waals surface area contributed by atoms with E-state index in [0.717, 1.165) is 17.0 Å². The lowest BCUT2D eigenvalue weighted by Gasteiger charge is -2.13. The van der Waals surface area contributed by atoms with Crippen molar-refractivity contribution in [3.05, 3.63) is 52.8 Å². The Labute approximate surface area is 144 Å². The van der Waals surface area contributed by atoms with E-state index in [2.05, 4.69) is 10.3 Å². The van der Waals surface area contributed by atoms with E-state index in [9.17, 15) is 14.4 Å². The SMILES string of the molecule is COC(=O)c1ccccc1-n1c(C)cc(CC2=NC(=O)NC2=O)c1C. The zero-order valence-electron chi connectivity index (χ0n) is 14.1. The Balaban J connectivity index is 2.05. The first-order chi connectivity index (χ1) is 11.9. The molecule has 0 radical (unpaired) electrons. The predicted octanol–water partition coefficient (Wildman–Crippen LogP) is 2.11. The summed E-state index contributed by atoms with van der Waals surface area (Å²) in [5, 5.41) is 2.14. The molecule has 25 heavy (non-hydrogen) atoms. The number of carbonyl (C=O) groups is 3. The van der Waals surface area contributed by atoms with Gasteiger partial charge >= 0.3 is 12.0 Å². The highest BCUT2D eigenvalue weighted by Gasteiger charge is 2.25. The number of ether oxygens (including phenoxy) is 1. The minimum absolute atomic E-state index is 0.187. The molecule has 128 valence electrons. The lowest BCUT2D eigenvalue weighted by Crippen LogP contribution is -2.26. The van der Waals surface area contributed by atoms with Crippen LogP contribution in [0.15, 0.2) is 35.3 Å². The summed E-state index contributed by atoms with van der Waals surface area (Å²) in [6.45, 7) is 3.80. The molecule has 0 unspecified atom stereocenters. The van der Waals surface area contributed by atoms with Crippen LogP contribution in [0, 0.1) is 13.8 Å². The molecule has 1 aliphatic heterocycles. The van der Waals surface area contributed by atoms with E-state index in [1.54, 1.807) is 12.1 Å². The third-order valence-electron chi connectivity index (χ3n) is 4.16. The third-order valence-corrected chi connectivity index (χ3v) is 4.16. The summed E-state index contributed by atoms with van der Waals surface area (Å²) in [4.78, 5) is 38.7. The molecule has 0 saturated carbocycles. The smallest absolute Gasteiger partial charge is 0.348 e. The Morgan fingerprint density at radius 1 is 1.24 bits per heavy atom. The summed E-state index contributed by atoms with van der Waals surface area (Å²) >= 11 is 0. The van der Waals surface area contributed by atoms with Crippen LogP contribution in [-0.2, 0) is 16.0 Å². The zero-order chi connectivity index (χ0) is 18.1. The number of aryl methyl sites for hydroxylation is 1. The Morgan fingerprint density at radius 2 is 1.96 bits per heavy atom. The first-order valence-corrected chi connectivity index (χ1v) is 7.70. The summed E-state index contributed by atoms with van der Waals surface area (Å²) in [5.74, 6) is -0.889. The van der Waals surface area contributed by atoms with Gasteiger partial charge in [0, 0.05) is 17.8 Å². The van der Waals surface area contributed by atoms with E-state index >= 15 is 0 Å². The first-order valence-electron chi connectivity index (χ1n) is 7.70. The van der Waals surface area contributed by atoms with Gasteiger partial charge in [0.2, 0.25) is 0 Å². The van der Waals surface area contributed by atoms with E-state index in [1.807, 2.05) is 36.6 Å². The number of rotatable bonds is 4. The second-order valence-electron chi connectivity index (χ2n) is 5.74. The van der Waals surface area contributed by atoms with Crippen LogP contribution in [0.4, 0.5) is 4.79 Å². The van der Waals surface area contributed by atoms with E-state index in [-0.39, 0.29) is 12.1 Å². The molecule has 0 spiro atoms. The van der Waals surface area contributed by atoms with Crippen molar-refractivity contribution in [1.82, 2.24) is 9.88 Å². The quantitative estimate of drug-likeness (QED) is 0.864. The minimum atomic E-state index is -0.634. The molecule has 0 bridgehead atoms. The molecule has 0 atom stereocenters. The average molecular weight is 339 g/mol. The molecule has 1 aromatic heterocycles. The number of urea groups is 1. The molecule has 0 saturated heterocycles. The summed E-state index contributed by atoms with van der Waals surface area (Å²) in [6.07, 6.45) is 0.248. The number of nitrogens with zero attached hydrogens (tertiary/aromatic N) is 2. The zero-order valence-corrected chi connectivity index (χ0v) is 14.1. The van der Waals surface area contributed by atoms with Crippen molar-refractivity contribution in [2.24, 2.45) is 4.99 Å². The number of hydrogen-bond acceptors (Lipinski definition) is 4. The lowest BCUT2D eigenvalue weighted by atomic mass is 10.1. The maximum Gasteiger partial charge on any atom is 0.348 e. The fraction of sp³-hybridized carbons (Fsp3) is 0.222. The van der Waals surface area contributed by atoms with E-state index in [0.29, 0.717) is 11.3 Å². The van der Waals surface area contributed by atoms with Gasteiger partial charge in [-0.1, -0.05) is 12.1 Å². The Morgan fingerprint density at radius 3 is 2.60 bits per heavy atom. The third kappa shape index (κ3) is 2.96. The van der Waals surface area contributed by atoms with Gasteiger partial charge in [-0.25, -0.2) is 9.59 Å². The van der Waals surface area contributed by atoms with Crippen LogP contribution in [0.1, 0.15) is 27.3 Å². The van der Waals surface area contributed by atoms with Gasteiger partial charge in [-0.2, -0.15) is 4.99 Å². The van der Waals surface area contributed by atoms with Gasteiger partial charge in [0.1, 0.15) is 5.71 Å². The second-order valence-corrected chi connectivity index (χ2v) is 5.74. The van der Waals surface area contributed by atoms with Crippen molar-refractivity contribution in [2.45, 2.75) is 20.3 Å². The topological polar surface area (TPSA) is 89.8 Å².